The maximum Gasteiger partial charge on any atom is 0.147 e. The van der Waals surface area contributed by atoms with E-state index in [9.17, 15) is 8.42 Å². The highest BCUT2D eigenvalue weighted by molar-refractivity contribution is 7.90. The van der Waals surface area contributed by atoms with Gasteiger partial charge < -0.3 is 5.32 Å². The van der Waals surface area contributed by atoms with Gasteiger partial charge >= 0.3 is 0 Å². The average Bonchev–Trinajstić information content (AvgIpc) is 2.74. The molecule has 1 aromatic carbocycles. The van der Waals surface area contributed by atoms with Crippen LogP contribution in [0, 0.1) is 0 Å². The molecule has 18 heavy (non-hydrogen) atoms. The molecule has 0 aromatic heterocycles. The molecular formula is C14H21NO2S. The van der Waals surface area contributed by atoms with Crippen LogP contribution in [0.2, 0.25) is 0 Å². The first-order chi connectivity index (χ1) is 8.54. The van der Waals surface area contributed by atoms with Crippen molar-refractivity contribution in [2.75, 3.05) is 18.6 Å². The Bertz CT molecular complexity index is 509. The molecular weight excluding hydrogens is 246 g/mol. The molecule has 100 valence electrons. The van der Waals surface area contributed by atoms with Crippen LogP contribution in [0.15, 0.2) is 18.2 Å². The Kier molecular flexibility index (Phi) is 4.40. The van der Waals surface area contributed by atoms with Crippen molar-refractivity contribution in [2.24, 2.45) is 0 Å². The van der Waals surface area contributed by atoms with Crippen LogP contribution in [0.25, 0.3) is 0 Å². The van der Waals surface area contributed by atoms with Crippen LogP contribution in [0.5, 0.6) is 0 Å². The van der Waals surface area contributed by atoms with Gasteiger partial charge in [0, 0.05) is 12.8 Å². The van der Waals surface area contributed by atoms with E-state index in [-0.39, 0.29) is 5.75 Å². The van der Waals surface area contributed by atoms with Gasteiger partial charge in [0.25, 0.3) is 0 Å². The Labute approximate surface area is 110 Å². The molecule has 1 aliphatic rings. The predicted octanol–water partition coefficient (Wildman–Crippen LogP) is 1.70. The van der Waals surface area contributed by atoms with E-state index in [1.807, 2.05) is 0 Å². The van der Waals surface area contributed by atoms with Crippen molar-refractivity contribution >= 4 is 9.84 Å². The van der Waals surface area contributed by atoms with Crippen LogP contribution < -0.4 is 5.32 Å². The summed E-state index contributed by atoms with van der Waals surface area (Å²) in [6.07, 6.45) is 5.67. The fourth-order valence-electron chi connectivity index (χ4n) is 2.43. The Hall–Kier alpha value is -0.870. The highest BCUT2D eigenvalue weighted by atomic mass is 32.2. The van der Waals surface area contributed by atoms with Gasteiger partial charge in [-0.2, -0.15) is 0 Å². The minimum atomic E-state index is -2.82. The van der Waals surface area contributed by atoms with E-state index >= 15 is 0 Å². The Morgan fingerprint density at radius 1 is 1.22 bits per heavy atom. The summed E-state index contributed by atoms with van der Waals surface area (Å²) in [5.74, 6) is 0.268. The molecule has 0 radical (unpaired) electrons. The number of nitrogens with one attached hydrogen (secondary N) is 1. The largest absolute Gasteiger partial charge is 0.313 e. The monoisotopic (exact) mass is 267 g/mol. The van der Waals surface area contributed by atoms with Crippen molar-refractivity contribution in [3.05, 3.63) is 34.9 Å². The summed E-state index contributed by atoms with van der Waals surface area (Å²) in [5.41, 5.74) is 4.29. The molecule has 4 heteroatoms. The second-order valence-electron chi connectivity index (χ2n) is 5.12. The lowest BCUT2D eigenvalue weighted by Gasteiger charge is -2.07. The third kappa shape index (κ3) is 4.10. The second-order valence-corrected chi connectivity index (χ2v) is 7.38. The molecule has 1 aliphatic carbocycles. The minimum absolute atomic E-state index is 0.268. The first kappa shape index (κ1) is 13.6. The molecule has 0 heterocycles. The first-order valence-electron chi connectivity index (χ1n) is 6.54. The Balaban J connectivity index is 1.74. The summed E-state index contributed by atoms with van der Waals surface area (Å²) in [6, 6.07) is 6.69. The zero-order chi connectivity index (χ0) is 13.0. The van der Waals surface area contributed by atoms with Gasteiger partial charge in [-0.25, -0.2) is 8.42 Å². The normalized spacial score (nSPS) is 14.7. The molecule has 2 rings (SSSR count). The van der Waals surface area contributed by atoms with E-state index in [0.29, 0.717) is 6.42 Å². The fourth-order valence-corrected chi connectivity index (χ4v) is 3.10. The van der Waals surface area contributed by atoms with E-state index in [2.05, 4.69) is 23.5 Å². The Morgan fingerprint density at radius 3 is 2.78 bits per heavy atom. The van der Waals surface area contributed by atoms with Gasteiger partial charge in [0.2, 0.25) is 0 Å². The summed E-state index contributed by atoms with van der Waals surface area (Å²) in [7, 11) is -2.82. The number of benzene rings is 1. The number of hydrogen-bond donors (Lipinski definition) is 1. The lowest BCUT2D eigenvalue weighted by molar-refractivity contribution is 0.594. The smallest absolute Gasteiger partial charge is 0.147 e. The van der Waals surface area contributed by atoms with Gasteiger partial charge in [-0.15, -0.1) is 0 Å². The lowest BCUT2D eigenvalue weighted by Crippen LogP contribution is -2.17. The molecule has 0 saturated heterocycles. The number of hydrogen-bond acceptors (Lipinski definition) is 3. The van der Waals surface area contributed by atoms with Crippen LogP contribution >= 0.6 is 0 Å². The summed E-state index contributed by atoms with van der Waals surface area (Å²) >= 11 is 0. The summed E-state index contributed by atoms with van der Waals surface area (Å²) < 4.78 is 21.9. The fraction of sp³-hybridized carbons (Fsp3) is 0.571. The van der Waals surface area contributed by atoms with Gasteiger partial charge in [0.05, 0.1) is 5.75 Å². The maximum atomic E-state index is 11.0. The van der Waals surface area contributed by atoms with E-state index in [1.54, 1.807) is 0 Å². The van der Waals surface area contributed by atoms with Gasteiger partial charge in [0.15, 0.2) is 0 Å². The maximum absolute atomic E-state index is 11.0. The summed E-state index contributed by atoms with van der Waals surface area (Å²) in [6.45, 7) is 1.58. The van der Waals surface area contributed by atoms with E-state index in [1.165, 1.54) is 42.2 Å². The van der Waals surface area contributed by atoms with Crippen molar-refractivity contribution in [1.82, 2.24) is 5.32 Å². The molecule has 0 amide bonds. The molecule has 0 saturated carbocycles. The van der Waals surface area contributed by atoms with Gasteiger partial charge in [-0.05, 0) is 48.9 Å². The average molecular weight is 267 g/mol. The van der Waals surface area contributed by atoms with E-state index < -0.39 is 9.84 Å². The molecule has 0 fully saturated rings. The molecule has 0 aliphatic heterocycles. The summed E-state index contributed by atoms with van der Waals surface area (Å²) in [5, 5.41) is 3.30. The predicted molar refractivity (Wildman–Crippen MR) is 74.5 cm³/mol. The molecule has 1 N–H and O–H groups in total. The molecule has 3 nitrogen and oxygen atoms in total. The molecule has 0 atom stereocenters. The van der Waals surface area contributed by atoms with Crippen molar-refractivity contribution in [3.63, 3.8) is 0 Å². The minimum Gasteiger partial charge on any atom is -0.313 e. The topological polar surface area (TPSA) is 46.2 Å². The zero-order valence-corrected chi connectivity index (χ0v) is 11.7. The molecule has 1 aromatic rings. The van der Waals surface area contributed by atoms with Crippen molar-refractivity contribution < 1.29 is 8.42 Å². The van der Waals surface area contributed by atoms with E-state index in [0.717, 1.165) is 13.1 Å². The standard InChI is InChI=1S/C14H21NO2S/c1-18(16,17)9-3-8-15-11-12-6-7-13-4-2-5-14(13)10-12/h6-7,10,15H,2-5,8-9,11H2,1H3. The van der Waals surface area contributed by atoms with Crippen LogP contribution in [0.1, 0.15) is 29.5 Å². The van der Waals surface area contributed by atoms with Crippen molar-refractivity contribution in [3.8, 4) is 0 Å². The first-order valence-corrected chi connectivity index (χ1v) is 8.60. The zero-order valence-electron chi connectivity index (χ0n) is 10.9. The van der Waals surface area contributed by atoms with Crippen LogP contribution in [0.3, 0.4) is 0 Å². The molecule has 0 spiro atoms. The SMILES string of the molecule is CS(=O)(=O)CCCNCc1ccc2c(c1)CCC2. The second kappa shape index (κ2) is 5.85. The van der Waals surface area contributed by atoms with Gasteiger partial charge in [-0.3, -0.25) is 0 Å². The number of fused-ring (bicyclic) bond motifs is 1. The third-order valence-electron chi connectivity index (χ3n) is 3.36. The van der Waals surface area contributed by atoms with Crippen LogP contribution in [-0.4, -0.2) is 27.0 Å². The molecule has 0 unspecified atom stereocenters. The van der Waals surface area contributed by atoms with E-state index in [4.69, 9.17) is 0 Å². The number of aryl methyl sites for hydroxylation is 2. The number of rotatable bonds is 6. The van der Waals surface area contributed by atoms with Crippen LogP contribution in [0.4, 0.5) is 0 Å². The summed E-state index contributed by atoms with van der Waals surface area (Å²) in [4.78, 5) is 0. The third-order valence-corrected chi connectivity index (χ3v) is 4.39. The van der Waals surface area contributed by atoms with Gasteiger partial charge in [-0.1, -0.05) is 18.2 Å². The van der Waals surface area contributed by atoms with Gasteiger partial charge in [0.1, 0.15) is 9.84 Å². The van der Waals surface area contributed by atoms with Crippen molar-refractivity contribution in [2.45, 2.75) is 32.2 Å². The Morgan fingerprint density at radius 2 is 2.00 bits per heavy atom. The highest BCUT2D eigenvalue weighted by Gasteiger charge is 2.10. The quantitative estimate of drug-likeness (QED) is 0.798. The lowest BCUT2D eigenvalue weighted by atomic mass is 10.1. The highest BCUT2D eigenvalue weighted by Crippen LogP contribution is 2.22. The number of sulfone groups is 1. The molecule has 0 bridgehead atoms. The van der Waals surface area contributed by atoms with Crippen molar-refractivity contribution in [1.29, 1.82) is 0 Å². The van der Waals surface area contributed by atoms with Crippen LogP contribution in [-0.2, 0) is 29.2 Å².